The van der Waals surface area contributed by atoms with Crippen molar-refractivity contribution in [3.05, 3.63) is 28.8 Å². The summed E-state index contributed by atoms with van der Waals surface area (Å²) < 4.78 is 0. The Kier molecular flexibility index (Phi) is 3.69. The highest BCUT2D eigenvalue weighted by Gasteiger charge is 2.27. The number of amides is 1. The minimum Gasteiger partial charge on any atom is -0.328 e. The van der Waals surface area contributed by atoms with E-state index in [1.807, 2.05) is 19.1 Å². The Bertz CT molecular complexity index is 433. The van der Waals surface area contributed by atoms with Gasteiger partial charge in [-0.15, -0.1) is 0 Å². The molecule has 3 N–H and O–H groups in total. The van der Waals surface area contributed by atoms with E-state index in [1.165, 1.54) is 0 Å². The van der Waals surface area contributed by atoms with E-state index in [-0.39, 0.29) is 17.9 Å². The lowest BCUT2D eigenvalue weighted by Crippen LogP contribution is -2.23. The fourth-order valence-electron chi connectivity index (χ4n) is 2.26. The van der Waals surface area contributed by atoms with Crippen LogP contribution in [0.15, 0.2) is 18.2 Å². The smallest absolute Gasteiger partial charge is 0.227 e. The van der Waals surface area contributed by atoms with Gasteiger partial charge < -0.3 is 11.1 Å². The van der Waals surface area contributed by atoms with Gasteiger partial charge in [0.05, 0.1) is 0 Å². The fraction of sp³-hybridized carbons (Fsp3) is 0.462. The average molecular weight is 253 g/mol. The number of aryl methyl sites for hydroxylation is 1. The van der Waals surface area contributed by atoms with Crippen LogP contribution in [0.1, 0.15) is 24.8 Å². The van der Waals surface area contributed by atoms with Gasteiger partial charge in [0, 0.05) is 22.7 Å². The number of nitrogens with one attached hydrogen (secondary N) is 1. The lowest BCUT2D eigenvalue weighted by atomic mass is 10.1. The molecule has 1 fully saturated rings. The van der Waals surface area contributed by atoms with Crippen LogP contribution in [0.5, 0.6) is 0 Å². The normalized spacial score (nSPS) is 23.7. The lowest BCUT2D eigenvalue weighted by molar-refractivity contribution is -0.119. The topological polar surface area (TPSA) is 55.1 Å². The number of rotatable bonds is 2. The van der Waals surface area contributed by atoms with Crippen LogP contribution >= 0.6 is 11.6 Å². The second-order valence-corrected chi connectivity index (χ2v) is 5.15. The number of hydrogen-bond acceptors (Lipinski definition) is 2. The van der Waals surface area contributed by atoms with Crippen molar-refractivity contribution in [1.82, 2.24) is 0 Å². The van der Waals surface area contributed by atoms with E-state index in [2.05, 4.69) is 5.32 Å². The van der Waals surface area contributed by atoms with E-state index in [0.29, 0.717) is 5.02 Å². The molecule has 1 aliphatic carbocycles. The molecular weight excluding hydrogens is 236 g/mol. The van der Waals surface area contributed by atoms with Crippen molar-refractivity contribution in [2.45, 2.75) is 32.2 Å². The number of halogens is 1. The maximum Gasteiger partial charge on any atom is 0.227 e. The zero-order valence-corrected chi connectivity index (χ0v) is 10.6. The molecule has 3 nitrogen and oxygen atoms in total. The number of hydrogen-bond donors (Lipinski definition) is 2. The van der Waals surface area contributed by atoms with E-state index in [4.69, 9.17) is 17.3 Å². The first kappa shape index (κ1) is 12.4. The molecule has 2 atom stereocenters. The molecule has 92 valence electrons. The molecule has 0 saturated heterocycles. The van der Waals surface area contributed by atoms with Gasteiger partial charge in [0.25, 0.3) is 0 Å². The summed E-state index contributed by atoms with van der Waals surface area (Å²) in [6.45, 7) is 1.93. The second kappa shape index (κ2) is 5.07. The van der Waals surface area contributed by atoms with Gasteiger partial charge in [-0.25, -0.2) is 0 Å². The van der Waals surface area contributed by atoms with E-state index >= 15 is 0 Å². The van der Waals surface area contributed by atoms with E-state index in [9.17, 15) is 4.79 Å². The van der Waals surface area contributed by atoms with Gasteiger partial charge >= 0.3 is 0 Å². The molecule has 17 heavy (non-hydrogen) atoms. The van der Waals surface area contributed by atoms with Crippen LogP contribution < -0.4 is 11.1 Å². The first-order valence-corrected chi connectivity index (χ1v) is 6.26. The Hall–Kier alpha value is -1.06. The molecule has 1 saturated carbocycles. The number of carbonyl (C=O) groups is 1. The maximum absolute atomic E-state index is 12.0. The van der Waals surface area contributed by atoms with Crippen molar-refractivity contribution in [3.63, 3.8) is 0 Å². The average Bonchev–Trinajstić information content (AvgIpc) is 2.69. The van der Waals surface area contributed by atoms with Crippen LogP contribution in [0.3, 0.4) is 0 Å². The van der Waals surface area contributed by atoms with Gasteiger partial charge in [-0.3, -0.25) is 4.79 Å². The number of benzene rings is 1. The molecule has 0 radical (unpaired) electrons. The summed E-state index contributed by atoms with van der Waals surface area (Å²) in [5, 5.41) is 3.63. The lowest BCUT2D eigenvalue weighted by Gasteiger charge is -2.12. The van der Waals surface area contributed by atoms with Crippen molar-refractivity contribution in [2.24, 2.45) is 11.7 Å². The highest BCUT2D eigenvalue weighted by atomic mass is 35.5. The summed E-state index contributed by atoms with van der Waals surface area (Å²) in [6, 6.07) is 5.64. The first-order chi connectivity index (χ1) is 8.06. The van der Waals surface area contributed by atoms with Crippen LogP contribution in [0, 0.1) is 12.8 Å². The molecule has 1 aromatic rings. The Morgan fingerprint density at radius 1 is 1.47 bits per heavy atom. The van der Waals surface area contributed by atoms with Crippen LogP contribution in [0.4, 0.5) is 5.69 Å². The minimum absolute atomic E-state index is 0.0556. The Labute approximate surface area is 106 Å². The SMILES string of the molecule is Cc1cc(Cl)ccc1NC(=O)C1CCC(N)C1. The van der Waals surface area contributed by atoms with Gasteiger partial charge in [0.2, 0.25) is 5.91 Å². The zero-order valence-electron chi connectivity index (χ0n) is 9.87. The molecule has 0 bridgehead atoms. The van der Waals surface area contributed by atoms with Crippen molar-refractivity contribution >= 4 is 23.2 Å². The summed E-state index contributed by atoms with van der Waals surface area (Å²) in [4.78, 5) is 12.0. The van der Waals surface area contributed by atoms with Crippen molar-refractivity contribution in [3.8, 4) is 0 Å². The van der Waals surface area contributed by atoms with E-state index in [1.54, 1.807) is 6.07 Å². The summed E-state index contributed by atoms with van der Waals surface area (Å²) >= 11 is 5.87. The molecule has 1 amide bonds. The van der Waals surface area contributed by atoms with Gasteiger partial charge in [0.15, 0.2) is 0 Å². The zero-order chi connectivity index (χ0) is 12.4. The second-order valence-electron chi connectivity index (χ2n) is 4.72. The summed E-state index contributed by atoms with van der Waals surface area (Å²) in [7, 11) is 0. The van der Waals surface area contributed by atoms with E-state index < -0.39 is 0 Å². The minimum atomic E-state index is 0.0556. The van der Waals surface area contributed by atoms with Crippen molar-refractivity contribution in [2.75, 3.05) is 5.32 Å². The Balaban J connectivity index is 2.03. The monoisotopic (exact) mass is 252 g/mol. The molecule has 4 heteroatoms. The van der Waals surface area contributed by atoms with Crippen LogP contribution in [0.2, 0.25) is 5.02 Å². The number of nitrogens with two attached hydrogens (primary N) is 1. The van der Waals surface area contributed by atoms with Gasteiger partial charge in [-0.1, -0.05) is 11.6 Å². The molecule has 0 aromatic heterocycles. The van der Waals surface area contributed by atoms with Gasteiger partial charge in [-0.05, 0) is 49.9 Å². The number of carbonyl (C=O) groups excluding carboxylic acids is 1. The molecule has 1 aliphatic rings. The van der Waals surface area contributed by atoms with Gasteiger partial charge in [0.1, 0.15) is 0 Å². The van der Waals surface area contributed by atoms with Crippen LogP contribution in [-0.2, 0) is 4.79 Å². The van der Waals surface area contributed by atoms with Gasteiger partial charge in [-0.2, -0.15) is 0 Å². The fourth-order valence-corrected chi connectivity index (χ4v) is 2.48. The Morgan fingerprint density at radius 3 is 2.82 bits per heavy atom. The summed E-state index contributed by atoms with van der Waals surface area (Å²) in [5.41, 5.74) is 7.62. The largest absolute Gasteiger partial charge is 0.328 e. The quantitative estimate of drug-likeness (QED) is 0.850. The molecular formula is C13H17ClN2O. The van der Waals surface area contributed by atoms with Crippen LogP contribution in [0.25, 0.3) is 0 Å². The third-order valence-corrected chi connectivity index (χ3v) is 3.53. The molecule has 0 heterocycles. The third-order valence-electron chi connectivity index (χ3n) is 3.29. The predicted octanol–water partition coefficient (Wildman–Crippen LogP) is 2.71. The van der Waals surface area contributed by atoms with Crippen molar-refractivity contribution in [1.29, 1.82) is 0 Å². The molecule has 2 unspecified atom stereocenters. The highest BCUT2D eigenvalue weighted by molar-refractivity contribution is 6.30. The molecule has 0 spiro atoms. The molecule has 0 aliphatic heterocycles. The molecule has 1 aromatic carbocycles. The van der Waals surface area contributed by atoms with Crippen molar-refractivity contribution < 1.29 is 4.79 Å². The Morgan fingerprint density at radius 2 is 2.24 bits per heavy atom. The predicted molar refractivity (Wildman–Crippen MR) is 70.1 cm³/mol. The van der Waals surface area contributed by atoms with E-state index in [0.717, 1.165) is 30.5 Å². The highest BCUT2D eigenvalue weighted by Crippen LogP contribution is 2.26. The van der Waals surface area contributed by atoms with Crippen LogP contribution in [-0.4, -0.2) is 11.9 Å². The first-order valence-electron chi connectivity index (χ1n) is 5.89. The standard InChI is InChI=1S/C13H17ClN2O/c1-8-6-10(14)3-5-12(8)16-13(17)9-2-4-11(15)7-9/h3,5-6,9,11H,2,4,7,15H2,1H3,(H,16,17). The number of anilines is 1. The molecule has 2 rings (SSSR count). The summed E-state index contributed by atoms with van der Waals surface area (Å²) in [5.74, 6) is 0.128. The third kappa shape index (κ3) is 2.99. The maximum atomic E-state index is 12.0. The summed E-state index contributed by atoms with van der Waals surface area (Å²) in [6.07, 6.45) is 2.62.